The van der Waals surface area contributed by atoms with E-state index in [1.165, 1.54) is 18.2 Å². The van der Waals surface area contributed by atoms with Gasteiger partial charge in [0.15, 0.2) is 0 Å². The quantitative estimate of drug-likeness (QED) is 0.747. The van der Waals surface area contributed by atoms with Gasteiger partial charge in [-0.25, -0.2) is 4.39 Å². The third-order valence-corrected chi connectivity index (χ3v) is 3.32. The number of nitrogens with zero attached hydrogens (tertiary/aromatic N) is 2. The van der Waals surface area contributed by atoms with Crippen molar-refractivity contribution in [1.82, 2.24) is 15.5 Å². The standard InChI is InChI=1S/C15H17ClFN3O3/c1-2-22-7-3-6-18-14(21)15-20-19-13(23-15)8-10-4-5-11(17)9-12(10)16/h4-5,9H,2-3,6-8H2,1H3,(H,18,21). The average molecular weight is 342 g/mol. The summed E-state index contributed by atoms with van der Waals surface area (Å²) in [5, 5.41) is 10.4. The van der Waals surface area contributed by atoms with Crippen molar-refractivity contribution in [3.05, 3.63) is 46.4 Å². The number of hydrogen-bond donors (Lipinski definition) is 1. The Morgan fingerprint density at radius 3 is 3.00 bits per heavy atom. The van der Waals surface area contributed by atoms with Gasteiger partial charge in [0.05, 0.1) is 6.42 Å². The van der Waals surface area contributed by atoms with Gasteiger partial charge in [0.1, 0.15) is 5.82 Å². The number of carbonyl (C=O) groups excluding carboxylic acids is 1. The van der Waals surface area contributed by atoms with E-state index in [2.05, 4.69) is 15.5 Å². The molecule has 0 radical (unpaired) electrons. The van der Waals surface area contributed by atoms with Crippen LogP contribution < -0.4 is 5.32 Å². The zero-order valence-electron chi connectivity index (χ0n) is 12.6. The molecule has 0 atom stereocenters. The van der Waals surface area contributed by atoms with Gasteiger partial charge in [0.25, 0.3) is 0 Å². The van der Waals surface area contributed by atoms with E-state index in [9.17, 15) is 9.18 Å². The Hall–Kier alpha value is -1.99. The molecule has 1 aromatic carbocycles. The molecule has 6 nitrogen and oxygen atoms in total. The Morgan fingerprint density at radius 2 is 2.26 bits per heavy atom. The Balaban J connectivity index is 1.88. The molecule has 0 aliphatic heterocycles. The first-order chi connectivity index (χ1) is 11.1. The monoisotopic (exact) mass is 341 g/mol. The van der Waals surface area contributed by atoms with Crippen molar-refractivity contribution in [3.8, 4) is 0 Å². The predicted octanol–water partition coefficient (Wildman–Crippen LogP) is 2.61. The Morgan fingerprint density at radius 1 is 1.43 bits per heavy atom. The summed E-state index contributed by atoms with van der Waals surface area (Å²) in [4.78, 5) is 11.8. The number of benzene rings is 1. The maximum absolute atomic E-state index is 13.0. The topological polar surface area (TPSA) is 77.2 Å². The number of carbonyl (C=O) groups is 1. The van der Waals surface area contributed by atoms with Crippen LogP contribution in [0.5, 0.6) is 0 Å². The summed E-state index contributed by atoms with van der Waals surface area (Å²) in [7, 11) is 0. The van der Waals surface area contributed by atoms with Crippen molar-refractivity contribution in [3.63, 3.8) is 0 Å². The van der Waals surface area contributed by atoms with Crippen molar-refractivity contribution in [1.29, 1.82) is 0 Å². The van der Waals surface area contributed by atoms with Crippen molar-refractivity contribution in [2.45, 2.75) is 19.8 Å². The molecule has 0 saturated carbocycles. The fourth-order valence-corrected chi connectivity index (χ4v) is 2.07. The molecule has 0 spiro atoms. The molecule has 0 fully saturated rings. The summed E-state index contributed by atoms with van der Waals surface area (Å²) in [5.41, 5.74) is 0.639. The second kappa shape index (κ2) is 8.59. The van der Waals surface area contributed by atoms with Gasteiger partial charge < -0.3 is 14.5 Å². The summed E-state index contributed by atoms with van der Waals surface area (Å²) in [6.45, 7) is 3.59. The van der Waals surface area contributed by atoms with Crippen LogP contribution in [0.15, 0.2) is 22.6 Å². The molecule has 1 amide bonds. The van der Waals surface area contributed by atoms with E-state index in [0.29, 0.717) is 31.7 Å². The number of ether oxygens (including phenoxy) is 1. The maximum atomic E-state index is 13.0. The lowest BCUT2D eigenvalue weighted by molar-refractivity contribution is 0.0908. The molecular weight excluding hydrogens is 325 g/mol. The van der Waals surface area contributed by atoms with E-state index in [-0.39, 0.29) is 23.2 Å². The summed E-state index contributed by atoms with van der Waals surface area (Å²) < 4.78 is 23.5. The van der Waals surface area contributed by atoms with Crippen LogP contribution in [0.2, 0.25) is 5.02 Å². The number of amides is 1. The molecule has 2 rings (SSSR count). The van der Waals surface area contributed by atoms with Crippen molar-refractivity contribution >= 4 is 17.5 Å². The van der Waals surface area contributed by atoms with Crippen molar-refractivity contribution in [2.24, 2.45) is 0 Å². The molecule has 1 heterocycles. The fourth-order valence-electron chi connectivity index (χ4n) is 1.84. The van der Waals surface area contributed by atoms with Crippen molar-refractivity contribution in [2.75, 3.05) is 19.8 Å². The van der Waals surface area contributed by atoms with Crippen LogP contribution in [-0.4, -0.2) is 35.9 Å². The SMILES string of the molecule is CCOCCCNC(=O)c1nnc(Cc2ccc(F)cc2Cl)o1. The van der Waals surface area contributed by atoms with E-state index in [0.717, 1.165) is 0 Å². The molecule has 0 aliphatic carbocycles. The van der Waals surface area contributed by atoms with E-state index in [4.69, 9.17) is 20.8 Å². The second-order valence-electron chi connectivity index (χ2n) is 4.72. The van der Waals surface area contributed by atoms with E-state index >= 15 is 0 Å². The Bertz CT molecular complexity index is 663. The minimum absolute atomic E-state index is 0.116. The van der Waals surface area contributed by atoms with Gasteiger partial charge >= 0.3 is 11.8 Å². The minimum Gasteiger partial charge on any atom is -0.417 e. The zero-order chi connectivity index (χ0) is 16.7. The highest BCUT2D eigenvalue weighted by Crippen LogP contribution is 2.20. The molecule has 124 valence electrons. The fraction of sp³-hybridized carbons (Fsp3) is 0.400. The number of halogens is 2. The molecule has 1 aromatic heterocycles. The molecule has 8 heteroatoms. The predicted molar refractivity (Wildman–Crippen MR) is 82.0 cm³/mol. The molecule has 23 heavy (non-hydrogen) atoms. The molecule has 0 aliphatic rings. The van der Waals surface area contributed by atoms with Gasteiger partial charge in [-0.15, -0.1) is 10.2 Å². The van der Waals surface area contributed by atoms with Crippen LogP contribution in [-0.2, 0) is 11.2 Å². The van der Waals surface area contributed by atoms with Crippen LogP contribution in [0.3, 0.4) is 0 Å². The largest absolute Gasteiger partial charge is 0.417 e. The molecule has 0 saturated heterocycles. The van der Waals surface area contributed by atoms with Crippen LogP contribution in [0.1, 0.15) is 35.5 Å². The smallest absolute Gasteiger partial charge is 0.308 e. The lowest BCUT2D eigenvalue weighted by Crippen LogP contribution is -2.25. The lowest BCUT2D eigenvalue weighted by Gasteiger charge is -2.02. The van der Waals surface area contributed by atoms with Crippen LogP contribution in [0.25, 0.3) is 0 Å². The second-order valence-corrected chi connectivity index (χ2v) is 5.13. The van der Waals surface area contributed by atoms with Crippen LogP contribution in [0, 0.1) is 5.82 Å². The number of nitrogens with one attached hydrogen (secondary N) is 1. The van der Waals surface area contributed by atoms with Gasteiger partial charge in [0.2, 0.25) is 5.89 Å². The van der Waals surface area contributed by atoms with Crippen LogP contribution in [0.4, 0.5) is 4.39 Å². The highest BCUT2D eigenvalue weighted by Gasteiger charge is 2.15. The number of rotatable bonds is 8. The lowest BCUT2D eigenvalue weighted by atomic mass is 10.1. The summed E-state index contributed by atoms with van der Waals surface area (Å²) >= 11 is 5.94. The zero-order valence-corrected chi connectivity index (χ0v) is 13.4. The summed E-state index contributed by atoms with van der Waals surface area (Å²) in [6.07, 6.45) is 0.926. The summed E-state index contributed by atoms with van der Waals surface area (Å²) in [5.74, 6) is -0.741. The number of hydrogen-bond acceptors (Lipinski definition) is 5. The highest BCUT2D eigenvalue weighted by atomic mass is 35.5. The number of aromatic nitrogens is 2. The van der Waals surface area contributed by atoms with Crippen LogP contribution >= 0.6 is 11.6 Å². The Kier molecular flexibility index (Phi) is 6.49. The molecule has 2 aromatic rings. The van der Waals surface area contributed by atoms with Gasteiger partial charge in [0, 0.05) is 24.8 Å². The van der Waals surface area contributed by atoms with E-state index < -0.39 is 11.7 Å². The highest BCUT2D eigenvalue weighted by molar-refractivity contribution is 6.31. The molecular formula is C15H17ClFN3O3. The van der Waals surface area contributed by atoms with E-state index in [1.807, 2.05) is 6.92 Å². The first kappa shape index (κ1) is 17.4. The molecule has 0 bridgehead atoms. The molecule has 0 unspecified atom stereocenters. The van der Waals surface area contributed by atoms with E-state index in [1.54, 1.807) is 0 Å². The third kappa shape index (κ3) is 5.30. The molecule has 1 N–H and O–H groups in total. The first-order valence-electron chi connectivity index (χ1n) is 7.22. The first-order valence-corrected chi connectivity index (χ1v) is 7.60. The third-order valence-electron chi connectivity index (χ3n) is 2.97. The van der Waals surface area contributed by atoms with Gasteiger partial charge in [-0.05, 0) is 31.0 Å². The maximum Gasteiger partial charge on any atom is 0.308 e. The normalized spacial score (nSPS) is 10.7. The minimum atomic E-state index is -0.439. The average Bonchev–Trinajstić information content (AvgIpc) is 2.98. The van der Waals surface area contributed by atoms with Gasteiger partial charge in [-0.2, -0.15) is 0 Å². The summed E-state index contributed by atoms with van der Waals surface area (Å²) in [6, 6.07) is 4.04. The van der Waals surface area contributed by atoms with Crippen molar-refractivity contribution < 1.29 is 18.3 Å². The Labute approximate surface area is 138 Å². The van der Waals surface area contributed by atoms with Gasteiger partial charge in [-0.1, -0.05) is 17.7 Å². The van der Waals surface area contributed by atoms with Gasteiger partial charge in [-0.3, -0.25) is 4.79 Å².